The van der Waals surface area contributed by atoms with Crippen LogP contribution in [-0.4, -0.2) is 41.9 Å². The first-order valence-corrected chi connectivity index (χ1v) is 12.0. The number of halogens is 1. The summed E-state index contributed by atoms with van der Waals surface area (Å²) < 4.78 is 46.5. The number of benzene rings is 1. The van der Waals surface area contributed by atoms with Gasteiger partial charge in [-0.05, 0) is 38.0 Å². The van der Waals surface area contributed by atoms with Crippen LogP contribution in [-0.2, 0) is 14.8 Å². The molecule has 3 aromatic rings. The number of nitrogens with one attached hydrogen (secondary N) is 1. The molecule has 0 saturated carbocycles. The van der Waals surface area contributed by atoms with Crippen LogP contribution < -0.4 is 5.32 Å². The summed E-state index contributed by atoms with van der Waals surface area (Å²) in [4.78, 5) is 18.1. The zero-order chi connectivity index (χ0) is 22.2. The molecule has 0 unspecified atom stereocenters. The van der Waals surface area contributed by atoms with Crippen molar-refractivity contribution in [2.24, 2.45) is 5.92 Å². The molecule has 1 aromatic carbocycles. The molecule has 1 N–H and O–H groups in total. The topological polar surface area (TPSA) is 105 Å². The van der Waals surface area contributed by atoms with E-state index in [9.17, 15) is 17.6 Å². The maximum absolute atomic E-state index is 13.8. The number of carbonyl (C=O) groups excluding carboxylic acids is 1. The number of aromatic nitrogens is 2. The van der Waals surface area contributed by atoms with E-state index in [1.165, 1.54) is 27.8 Å². The average Bonchev–Trinajstić information content (AvgIpc) is 3.35. The summed E-state index contributed by atoms with van der Waals surface area (Å²) in [6, 6.07) is 7.52. The van der Waals surface area contributed by atoms with Gasteiger partial charge in [0.25, 0.3) is 0 Å². The SMILES string of the molecule is Cc1nc(-c2cc(S(=O)(=O)N3CCC(C(=O)Nc4ccccc4F)CC3)c(C)s2)no1. The smallest absolute Gasteiger partial charge is 0.244 e. The summed E-state index contributed by atoms with van der Waals surface area (Å²) in [5.41, 5.74) is 0.126. The van der Waals surface area contributed by atoms with Crippen molar-refractivity contribution in [1.29, 1.82) is 0 Å². The van der Waals surface area contributed by atoms with Crippen LogP contribution in [0.4, 0.5) is 10.1 Å². The minimum absolute atomic E-state index is 0.126. The second-order valence-electron chi connectivity index (χ2n) is 7.32. The number of thiophene rings is 1. The highest BCUT2D eigenvalue weighted by atomic mass is 32.2. The number of sulfonamides is 1. The van der Waals surface area contributed by atoms with Gasteiger partial charge < -0.3 is 9.84 Å². The molecular formula is C20H21FN4O4S2. The molecule has 3 heterocycles. The van der Waals surface area contributed by atoms with E-state index >= 15 is 0 Å². The van der Waals surface area contributed by atoms with Crippen LogP contribution in [0.25, 0.3) is 10.7 Å². The van der Waals surface area contributed by atoms with Gasteiger partial charge in [0.05, 0.1) is 15.5 Å². The van der Waals surface area contributed by atoms with Gasteiger partial charge in [-0.2, -0.15) is 9.29 Å². The van der Waals surface area contributed by atoms with Gasteiger partial charge in [-0.1, -0.05) is 17.3 Å². The van der Waals surface area contributed by atoms with E-state index in [0.29, 0.717) is 34.3 Å². The van der Waals surface area contributed by atoms with Gasteiger partial charge in [0.2, 0.25) is 27.6 Å². The fourth-order valence-electron chi connectivity index (χ4n) is 3.53. The van der Waals surface area contributed by atoms with Crippen molar-refractivity contribution in [3.05, 3.63) is 46.9 Å². The quantitative estimate of drug-likeness (QED) is 0.619. The highest BCUT2D eigenvalue weighted by molar-refractivity contribution is 7.89. The number of aryl methyl sites for hydroxylation is 2. The van der Waals surface area contributed by atoms with E-state index in [0.717, 1.165) is 0 Å². The monoisotopic (exact) mass is 464 g/mol. The number of amides is 1. The molecule has 164 valence electrons. The lowest BCUT2D eigenvalue weighted by atomic mass is 9.97. The van der Waals surface area contributed by atoms with Crippen molar-refractivity contribution < 1.29 is 22.1 Å². The first-order valence-electron chi connectivity index (χ1n) is 9.72. The van der Waals surface area contributed by atoms with Crippen LogP contribution in [0, 0.1) is 25.6 Å². The predicted molar refractivity (Wildman–Crippen MR) is 114 cm³/mol. The maximum Gasteiger partial charge on any atom is 0.244 e. The van der Waals surface area contributed by atoms with Crippen LogP contribution in [0.2, 0.25) is 0 Å². The lowest BCUT2D eigenvalue weighted by Crippen LogP contribution is -2.41. The Labute approximate surface area is 183 Å². The van der Waals surface area contributed by atoms with Crippen molar-refractivity contribution in [2.45, 2.75) is 31.6 Å². The van der Waals surface area contributed by atoms with Crippen molar-refractivity contribution >= 4 is 33.0 Å². The Morgan fingerprint density at radius 3 is 2.61 bits per heavy atom. The fraction of sp³-hybridized carbons (Fsp3) is 0.350. The van der Waals surface area contributed by atoms with Crippen LogP contribution in [0.5, 0.6) is 0 Å². The van der Waals surface area contributed by atoms with Crippen LogP contribution in [0.1, 0.15) is 23.6 Å². The summed E-state index contributed by atoms with van der Waals surface area (Å²) >= 11 is 1.29. The highest BCUT2D eigenvalue weighted by Gasteiger charge is 2.34. The highest BCUT2D eigenvalue weighted by Crippen LogP contribution is 2.35. The zero-order valence-electron chi connectivity index (χ0n) is 17.0. The van der Waals surface area contributed by atoms with Crippen molar-refractivity contribution in [2.75, 3.05) is 18.4 Å². The summed E-state index contributed by atoms with van der Waals surface area (Å²) in [6.45, 7) is 3.83. The summed E-state index contributed by atoms with van der Waals surface area (Å²) in [6.07, 6.45) is 0.721. The van der Waals surface area contributed by atoms with Crippen molar-refractivity contribution in [3.63, 3.8) is 0 Å². The number of anilines is 1. The van der Waals surface area contributed by atoms with E-state index in [1.807, 2.05) is 0 Å². The molecule has 31 heavy (non-hydrogen) atoms. The molecule has 1 saturated heterocycles. The van der Waals surface area contributed by atoms with E-state index < -0.39 is 15.8 Å². The molecule has 0 bridgehead atoms. The Hall–Kier alpha value is -2.63. The molecule has 8 nitrogen and oxygen atoms in total. The molecule has 1 amide bonds. The lowest BCUT2D eigenvalue weighted by Gasteiger charge is -2.30. The summed E-state index contributed by atoms with van der Waals surface area (Å²) in [5.74, 6) is -0.427. The van der Waals surface area contributed by atoms with Gasteiger partial charge >= 0.3 is 0 Å². The normalized spacial score (nSPS) is 15.8. The van der Waals surface area contributed by atoms with Gasteiger partial charge in [-0.25, -0.2) is 12.8 Å². The predicted octanol–water partition coefficient (Wildman–Crippen LogP) is 3.59. The number of nitrogens with zero attached hydrogens (tertiary/aromatic N) is 3. The Morgan fingerprint density at radius 2 is 1.97 bits per heavy atom. The standard InChI is InChI=1S/C20H21FN4O4S2/c1-12-18(11-17(30-12)19-22-13(2)29-24-19)31(27,28)25-9-7-14(8-10-25)20(26)23-16-6-4-3-5-15(16)21/h3-6,11,14H,7-10H2,1-2H3,(H,23,26). The van der Waals surface area contributed by atoms with E-state index in [2.05, 4.69) is 15.5 Å². The Morgan fingerprint density at radius 1 is 1.26 bits per heavy atom. The molecule has 2 aromatic heterocycles. The second-order valence-corrected chi connectivity index (χ2v) is 10.5. The number of carbonyl (C=O) groups is 1. The van der Waals surface area contributed by atoms with E-state index in [-0.39, 0.29) is 35.5 Å². The summed E-state index contributed by atoms with van der Waals surface area (Å²) in [5, 5.41) is 6.44. The van der Waals surface area contributed by atoms with Gasteiger partial charge in [-0.15, -0.1) is 11.3 Å². The van der Waals surface area contributed by atoms with Gasteiger partial charge in [-0.3, -0.25) is 4.79 Å². The fourth-order valence-corrected chi connectivity index (χ4v) is 6.48. The molecule has 0 atom stereocenters. The van der Waals surface area contributed by atoms with E-state index in [4.69, 9.17) is 4.52 Å². The number of para-hydroxylation sites is 1. The number of piperidine rings is 1. The van der Waals surface area contributed by atoms with E-state index in [1.54, 1.807) is 32.0 Å². The molecule has 0 radical (unpaired) electrons. The van der Waals surface area contributed by atoms with Crippen LogP contribution >= 0.6 is 11.3 Å². The minimum Gasteiger partial charge on any atom is -0.339 e. The number of rotatable bonds is 5. The third-order valence-electron chi connectivity index (χ3n) is 5.19. The van der Waals surface area contributed by atoms with Gasteiger partial charge in [0.15, 0.2) is 0 Å². The first kappa shape index (κ1) is 21.6. The molecular weight excluding hydrogens is 443 g/mol. The molecule has 4 rings (SSSR count). The average molecular weight is 465 g/mol. The molecule has 0 aliphatic carbocycles. The Bertz CT molecular complexity index is 1210. The molecule has 1 fully saturated rings. The second kappa shape index (κ2) is 8.48. The van der Waals surface area contributed by atoms with Crippen LogP contribution in [0.3, 0.4) is 0 Å². The third kappa shape index (κ3) is 4.39. The molecule has 1 aliphatic rings. The number of hydrogen-bond donors (Lipinski definition) is 1. The minimum atomic E-state index is -3.72. The third-order valence-corrected chi connectivity index (χ3v) is 8.39. The maximum atomic E-state index is 13.8. The Kier molecular flexibility index (Phi) is 5.91. The molecule has 1 aliphatic heterocycles. The van der Waals surface area contributed by atoms with Gasteiger partial charge in [0.1, 0.15) is 5.82 Å². The largest absolute Gasteiger partial charge is 0.339 e. The molecule has 0 spiro atoms. The van der Waals surface area contributed by atoms with Crippen molar-refractivity contribution in [3.8, 4) is 10.7 Å². The lowest BCUT2D eigenvalue weighted by molar-refractivity contribution is -0.120. The summed E-state index contributed by atoms with van der Waals surface area (Å²) in [7, 11) is -3.72. The first-order chi connectivity index (χ1) is 14.8. The van der Waals surface area contributed by atoms with Crippen LogP contribution in [0.15, 0.2) is 39.8 Å². The number of hydrogen-bond acceptors (Lipinski definition) is 7. The zero-order valence-corrected chi connectivity index (χ0v) is 18.6. The van der Waals surface area contributed by atoms with Crippen molar-refractivity contribution in [1.82, 2.24) is 14.4 Å². The van der Waals surface area contributed by atoms with Gasteiger partial charge in [0, 0.05) is 30.8 Å². The Balaban J connectivity index is 1.44. The molecule has 11 heteroatoms.